The van der Waals surface area contributed by atoms with Gasteiger partial charge in [0.2, 0.25) is 0 Å². The van der Waals surface area contributed by atoms with Crippen LogP contribution in [0.1, 0.15) is 26.3 Å². The van der Waals surface area contributed by atoms with Gasteiger partial charge in [-0.25, -0.2) is 4.39 Å². The molecule has 110 valence electrons. The molecule has 0 aromatic heterocycles. The summed E-state index contributed by atoms with van der Waals surface area (Å²) >= 11 is 0. The highest BCUT2D eigenvalue weighted by molar-refractivity contribution is 6.03. The summed E-state index contributed by atoms with van der Waals surface area (Å²) in [6, 6.07) is 4.37. The van der Waals surface area contributed by atoms with E-state index in [1.54, 1.807) is 19.9 Å². The zero-order chi connectivity index (χ0) is 15.3. The summed E-state index contributed by atoms with van der Waals surface area (Å²) in [6.45, 7) is 6.19. The number of carbonyl (C=O) groups excluding carboxylic acids is 2. The third-order valence-electron chi connectivity index (χ3n) is 2.93. The van der Waals surface area contributed by atoms with E-state index in [1.807, 2.05) is 0 Å². The van der Waals surface area contributed by atoms with E-state index in [9.17, 15) is 14.0 Å². The van der Waals surface area contributed by atoms with Crippen molar-refractivity contribution in [3.63, 3.8) is 0 Å². The maximum atomic E-state index is 13.5. The molecule has 0 amide bonds. The lowest BCUT2D eigenvalue weighted by molar-refractivity contribution is -0.158. The van der Waals surface area contributed by atoms with Crippen LogP contribution in [0.5, 0.6) is 5.75 Å². The number of aryl methyl sites for hydroxylation is 1. The van der Waals surface area contributed by atoms with Crippen molar-refractivity contribution in [2.24, 2.45) is 5.41 Å². The van der Waals surface area contributed by atoms with Gasteiger partial charge in [-0.05, 0) is 45.4 Å². The van der Waals surface area contributed by atoms with Gasteiger partial charge in [0.15, 0.2) is 17.3 Å². The Morgan fingerprint density at radius 2 is 1.95 bits per heavy atom. The van der Waals surface area contributed by atoms with E-state index in [1.165, 1.54) is 26.0 Å². The van der Waals surface area contributed by atoms with Gasteiger partial charge in [0.25, 0.3) is 0 Å². The summed E-state index contributed by atoms with van der Waals surface area (Å²) in [6.07, 6.45) is 0. The number of carbonyl (C=O) groups is 2. The zero-order valence-electron chi connectivity index (χ0n) is 12.2. The zero-order valence-corrected chi connectivity index (χ0v) is 12.2. The molecule has 0 aliphatic heterocycles. The third kappa shape index (κ3) is 3.79. The number of ether oxygens (including phenoxy) is 2. The highest BCUT2D eigenvalue weighted by atomic mass is 19.1. The molecule has 0 aliphatic carbocycles. The molecule has 0 heterocycles. The molecule has 0 bridgehead atoms. The monoisotopic (exact) mass is 282 g/mol. The molecule has 0 N–H and O–H groups in total. The molecule has 4 nitrogen and oxygen atoms in total. The number of esters is 1. The molecule has 0 saturated heterocycles. The Hall–Kier alpha value is -1.91. The van der Waals surface area contributed by atoms with Crippen LogP contribution >= 0.6 is 0 Å². The van der Waals surface area contributed by atoms with Crippen LogP contribution in [0.2, 0.25) is 0 Å². The van der Waals surface area contributed by atoms with Crippen molar-refractivity contribution in [1.29, 1.82) is 0 Å². The Morgan fingerprint density at radius 1 is 1.30 bits per heavy atom. The first-order valence-corrected chi connectivity index (χ1v) is 6.38. The van der Waals surface area contributed by atoms with Crippen LogP contribution in [0.25, 0.3) is 0 Å². The van der Waals surface area contributed by atoms with E-state index in [-0.39, 0.29) is 19.0 Å². The summed E-state index contributed by atoms with van der Waals surface area (Å²) < 4.78 is 23.5. The second kappa shape index (κ2) is 6.50. The fourth-order valence-corrected chi connectivity index (χ4v) is 1.47. The van der Waals surface area contributed by atoms with Gasteiger partial charge < -0.3 is 9.47 Å². The molecule has 0 saturated carbocycles. The summed E-state index contributed by atoms with van der Waals surface area (Å²) in [5.41, 5.74) is -0.491. The van der Waals surface area contributed by atoms with Crippen molar-refractivity contribution in [2.75, 3.05) is 13.2 Å². The lowest BCUT2D eigenvalue weighted by Gasteiger charge is -2.20. The van der Waals surface area contributed by atoms with Crippen molar-refractivity contribution in [2.45, 2.75) is 27.7 Å². The Labute approximate surface area is 117 Å². The molecule has 1 aromatic carbocycles. The number of benzene rings is 1. The van der Waals surface area contributed by atoms with Crippen molar-refractivity contribution in [1.82, 2.24) is 0 Å². The van der Waals surface area contributed by atoms with Crippen LogP contribution in [-0.4, -0.2) is 25.0 Å². The molecule has 0 fully saturated rings. The molecule has 0 aliphatic rings. The summed E-state index contributed by atoms with van der Waals surface area (Å²) in [7, 11) is 0. The minimum absolute atomic E-state index is 0.00184. The van der Waals surface area contributed by atoms with E-state index < -0.39 is 23.0 Å². The third-order valence-corrected chi connectivity index (χ3v) is 2.93. The topological polar surface area (TPSA) is 52.6 Å². The molecule has 0 spiro atoms. The maximum Gasteiger partial charge on any atom is 0.319 e. The van der Waals surface area contributed by atoms with Crippen LogP contribution in [0.3, 0.4) is 0 Å². The molecule has 0 atom stereocenters. The van der Waals surface area contributed by atoms with Gasteiger partial charge in [-0.3, -0.25) is 9.59 Å². The second-order valence-corrected chi connectivity index (χ2v) is 4.99. The highest BCUT2D eigenvalue weighted by Gasteiger charge is 2.37. The van der Waals surface area contributed by atoms with Gasteiger partial charge in [0.05, 0.1) is 6.61 Å². The minimum Gasteiger partial charge on any atom is -0.483 e. The number of hydrogen-bond donors (Lipinski definition) is 0. The van der Waals surface area contributed by atoms with E-state index in [2.05, 4.69) is 0 Å². The largest absolute Gasteiger partial charge is 0.483 e. The van der Waals surface area contributed by atoms with Crippen LogP contribution < -0.4 is 4.74 Å². The first kappa shape index (κ1) is 16.1. The molecule has 5 heteroatoms. The first-order chi connectivity index (χ1) is 9.28. The minimum atomic E-state index is -1.31. The van der Waals surface area contributed by atoms with Crippen molar-refractivity contribution >= 4 is 11.8 Å². The predicted octanol–water partition coefficient (Wildman–Crippen LogP) is 2.67. The maximum absolute atomic E-state index is 13.5. The molecule has 0 unspecified atom stereocenters. The number of hydrogen-bond acceptors (Lipinski definition) is 4. The SMILES string of the molecule is CCOC(=O)C(C)(C)C(=O)COc1cc(C)ccc1F. The van der Waals surface area contributed by atoms with Gasteiger partial charge in [-0.2, -0.15) is 0 Å². The van der Waals surface area contributed by atoms with E-state index in [4.69, 9.17) is 9.47 Å². The average molecular weight is 282 g/mol. The Bertz CT molecular complexity index is 509. The van der Waals surface area contributed by atoms with E-state index in [0.29, 0.717) is 0 Å². The second-order valence-electron chi connectivity index (χ2n) is 4.99. The van der Waals surface area contributed by atoms with Gasteiger partial charge >= 0.3 is 5.97 Å². The highest BCUT2D eigenvalue weighted by Crippen LogP contribution is 2.22. The Kier molecular flexibility index (Phi) is 5.25. The average Bonchev–Trinajstić information content (AvgIpc) is 2.39. The predicted molar refractivity (Wildman–Crippen MR) is 72.1 cm³/mol. The lowest BCUT2D eigenvalue weighted by Crippen LogP contribution is -2.38. The molecule has 20 heavy (non-hydrogen) atoms. The van der Waals surface area contributed by atoms with E-state index in [0.717, 1.165) is 5.56 Å². The molecule has 0 radical (unpaired) electrons. The van der Waals surface area contributed by atoms with Crippen molar-refractivity contribution in [3.05, 3.63) is 29.6 Å². The Morgan fingerprint density at radius 3 is 2.55 bits per heavy atom. The first-order valence-electron chi connectivity index (χ1n) is 6.38. The summed E-state index contributed by atoms with van der Waals surface area (Å²) in [5.74, 6) is -1.62. The van der Waals surface area contributed by atoms with Crippen molar-refractivity contribution < 1.29 is 23.5 Å². The molecule has 1 aromatic rings. The summed E-state index contributed by atoms with van der Waals surface area (Å²) in [4.78, 5) is 23.7. The van der Waals surface area contributed by atoms with Gasteiger partial charge in [-0.1, -0.05) is 6.07 Å². The number of rotatable bonds is 6. The Balaban J connectivity index is 2.71. The molecular weight excluding hydrogens is 263 g/mol. The standard InChI is InChI=1S/C15H19FO4/c1-5-19-14(18)15(3,4)13(17)9-20-12-8-10(2)6-7-11(12)16/h6-8H,5,9H2,1-4H3. The number of ketones is 1. The number of Topliss-reactive ketones (excluding diaryl/α,β-unsaturated/α-hetero) is 1. The quantitative estimate of drug-likeness (QED) is 0.594. The van der Waals surface area contributed by atoms with Crippen LogP contribution in [0, 0.1) is 18.2 Å². The van der Waals surface area contributed by atoms with Gasteiger partial charge in [0, 0.05) is 0 Å². The van der Waals surface area contributed by atoms with Crippen LogP contribution in [-0.2, 0) is 14.3 Å². The lowest BCUT2D eigenvalue weighted by atomic mass is 9.88. The normalized spacial score (nSPS) is 11.1. The number of halogens is 1. The van der Waals surface area contributed by atoms with Crippen molar-refractivity contribution in [3.8, 4) is 5.75 Å². The molecular formula is C15H19FO4. The smallest absolute Gasteiger partial charge is 0.319 e. The fourth-order valence-electron chi connectivity index (χ4n) is 1.47. The van der Waals surface area contributed by atoms with Crippen LogP contribution in [0.4, 0.5) is 4.39 Å². The fraction of sp³-hybridized carbons (Fsp3) is 0.467. The summed E-state index contributed by atoms with van der Waals surface area (Å²) in [5, 5.41) is 0. The van der Waals surface area contributed by atoms with Gasteiger partial charge in [0.1, 0.15) is 12.0 Å². The molecule has 1 rings (SSSR count). The van der Waals surface area contributed by atoms with E-state index >= 15 is 0 Å². The van der Waals surface area contributed by atoms with Crippen LogP contribution in [0.15, 0.2) is 18.2 Å². The van der Waals surface area contributed by atoms with Gasteiger partial charge in [-0.15, -0.1) is 0 Å².